The second kappa shape index (κ2) is 7.21. The van der Waals surface area contributed by atoms with Crippen molar-refractivity contribution in [2.45, 2.75) is 13.5 Å². The molecule has 0 spiro atoms. The van der Waals surface area contributed by atoms with Gasteiger partial charge in [0.05, 0.1) is 17.6 Å². The zero-order chi connectivity index (χ0) is 19.7. The van der Waals surface area contributed by atoms with Crippen molar-refractivity contribution in [1.82, 2.24) is 14.7 Å². The maximum atomic E-state index is 13.2. The Kier molecular flexibility index (Phi) is 4.58. The Morgan fingerprint density at radius 3 is 2.50 bits per heavy atom. The van der Waals surface area contributed by atoms with Crippen LogP contribution in [-0.2, 0) is 6.61 Å². The number of carbonyl (C=O) groups is 1. The molecule has 6 nitrogen and oxygen atoms in total. The van der Waals surface area contributed by atoms with E-state index >= 15 is 0 Å². The number of halogens is 1. The quantitative estimate of drug-likeness (QED) is 0.531. The molecule has 0 aliphatic heterocycles. The van der Waals surface area contributed by atoms with Gasteiger partial charge in [0.25, 0.3) is 0 Å². The Morgan fingerprint density at radius 2 is 1.86 bits per heavy atom. The molecular formula is C21H16FN3O3. The van der Waals surface area contributed by atoms with Crippen LogP contribution in [0.3, 0.4) is 0 Å². The average molecular weight is 377 g/mol. The Hall–Kier alpha value is -3.58. The molecule has 2 aromatic carbocycles. The molecule has 0 amide bonds. The van der Waals surface area contributed by atoms with Crippen molar-refractivity contribution in [3.8, 4) is 28.2 Å². The summed E-state index contributed by atoms with van der Waals surface area (Å²) >= 11 is 0. The number of Topliss-reactive ketones (excluding diaryl/α,β-unsaturated/α-hetero) is 1. The lowest BCUT2D eigenvalue weighted by Gasteiger charge is -2.03. The molecule has 140 valence electrons. The second-order valence-electron chi connectivity index (χ2n) is 6.26. The van der Waals surface area contributed by atoms with E-state index in [1.807, 2.05) is 12.1 Å². The number of aromatic nitrogens is 3. The summed E-state index contributed by atoms with van der Waals surface area (Å²) in [6.07, 6.45) is 3.40. The number of aliphatic hydroxyl groups is 1. The third kappa shape index (κ3) is 3.23. The van der Waals surface area contributed by atoms with Crippen LogP contribution in [0.25, 0.3) is 28.2 Å². The van der Waals surface area contributed by atoms with Gasteiger partial charge in [-0.25, -0.2) is 9.37 Å². The van der Waals surface area contributed by atoms with Crippen LogP contribution in [0.15, 0.2) is 65.6 Å². The van der Waals surface area contributed by atoms with Gasteiger partial charge in [0.15, 0.2) is 11.5 Å². The van der Waals surface area contributed by atoms with Crippen molar-refractivity contribution in [3.63, 3.8) is 0 Å². The molecule has 28 heavy (non-hydrogen) atoms. The van der Waals surface area contributed by atoms with Gasteiger partial charge in [-0.3, -0.25) is 4.79 Å². The summed E-state index contributed by atoms with van der Waals surface area (Å²) in [4.78, 5) is 15.8. The van der Waals surface area contributed by atoms with Gasteiger partial charge in [-0.05, 0) is 55.5 Å². The number of carbonyl (C=O) groups excluding carboxylic acids is 1. The molecule has 1 N–H and O–H groups in total. The topological polar surface area (TPSA) is 81.2 Å². The van der Waals surface area contributed by atoms with Crippen LogP contribution in [0.1, 0.15) is 23.0 Å². The molecule has 0 bridgehead atoms. The maximum absolute atomic E-state index is 13.2. The summed E-state index contributed by atoms with van der Waals surface area (Å²) in [6, 6.07) is 13.0. The normalized spacial score (nSPS) is 11.0. The van der Waals surface area contributed by atoms with E-state index in [-0.39, 0.29) is 24.0 Å². The third-order valence-corrected chi connectivity index (χ3v) is 4.43. The molecule has 0 saturated carbocycles. The predicted molar refractivity (Wildman–Crippen MR) is 100 cm³/mol. The molecule has 7 heteroatoms. The fourth-order valence-corrected chi connectivity index (χ4v) is 2.96. The van der Waals surface area contributed by atoms with Crippen molar-refractivity contribution in [3.05, 3.63) is 78.2 Å². The highest BCUT2D eigenvalue weighted by Gasteiger charge is 2.21. The molecule has 0 fully saturated rings. The minimum atomic E-state index is -0.352. The zero-order valence-electron chi connectivity index (χ0n) is 15.0. The molecule has 4 rings (SSSR count). The highest BCUT2D eigenvalue weighted by atomic mass is 19.1. The molecule has 2 aromatic heterocycles. The van der Waals surface area contributed by atoms with Crippen LogP contribution >= 0.6 is 0 Å². The fraction of sp³-hybridized carbons (Fsp3) is 0.0952. The van der Waals surface area contributed by atoms with E-state index in [9.17, 15) is 14.3 Å². The number of ketones is 1. The van der Waals surface area contributed by atoms with Gasteiger partial charge in [-0.2, -0.15) is 0 Å². The largest absolute Gasteiger partial charge is 0.388 e. The first-order chi connectivity index (χ1) is 13.6. The molecule has 2 heterocycles. The smallest absolute Gasteiger partial charge is 0.172 e. The first kappa shape index (κ1) is 17.8. The molecular weight excluding hydrogens is 361 g/mol. The van der Waals surface area contributed by atoms with E-state index in [0.717, 1.165) is 5.69 Å². The van der Waals surface area contributed by atoms with Gasteiger partial charge in [0.1, 0.15) is 18.1 Å². The maximum Gasteiger partial charge on any atom is 0.172 e. The van der Waals surface area contributed by atoms with Crippen molar-refractivity contribution < 1.29 is 18.8 Å². The number of hydrogen-bond donors (Lipinski definition) is 1. The first-order valence-electron chi connectivity index (χ1n) is 8.58. The van der Waals surface area contributed by atoms with Gasteiger partial charge in [0, 0.05) is 23.0 Å². The van der Waals surface area contributed by atoms with Crippen LogP contribution in [0.2, 0.25) is 0 Å². The summed E-state index contributed by atoms with van der Waals surface area (Å²) < 4.78 is 20.3. The lowest BCUT2D eigenvalue weighted by molar-refractivity contribution is 0.101. The van der Waals surface area contributed by atoms with E-state index in [0.29, 0.717) is 28.1 Å². The number of hydrogen-bond acceptors (Lipinski definition) is 5. The number of benzene rings is 2. The van der Waals surface area contributed by atoms with Gasteiger partial charge >= 0.3 is 0 Å². The number of imidazole rings is 1. The monoisotopic (exact) mass is 377 g/mol. The van der Waals surface area contributed by atoms with Crippen LogP contribution < -0.4 is 0 Å². The number of aliphatic hydroxyl groups excluding tert-OH is 1. The standard InChI is InChI=1S/C21H16FN3O3/c1-13(27)14-4-8-17(9-5-14)25-10-18(23-12-25)20-19(11-26)28-24-21(20)15-2-6-16(22)7-3-15/h2-10,12,26H,11H2,1H3. The lowest BCUT2D eigenvalue weighted by atomic mass is 10.0. The SMILES string of the molecule is CC(=O)c1ccc(-n2cnc(-c3c(-c4ccc(F)cc4)noc3CO)c2)cc1. The molecule has 4 aromatic rings. The van der Waals surface area contributed by atoms with Gasteiger partial charge < -0.3 is 14.2 Å². The molecule has 0 radical (unpaired) electrons. The summed E-state index contributed by atoms with van der Waals surface area (Å²) in [5.74, 6) is -0.0789. The summed E-state index contributed by atoms with van der Waals surface area (Å²) in [6.45, 7) is 1.17. The Labute approximate surface area is 159 Å². The summed E-state index contributed by atoms with van der Waals surface area (Å²) in [7, 11) is 0. The predicted octanol–water partition coefficient (Wildman–Crippen LogP) is 4.03. The molecule has 0 aliphatic rings. The minimum absolute atomic E-state index is 0.00105. The van der Waals surface area contributed by atoms with Crippen LogP contribution in [0.4, 0.5) is 4.39 Å². The van der Waals surface area contributed by atoms with E-state index in [1.54, 1.807) is 41.4 Å². The van der Waals surface area contributed by atoms with Crippen LogP contribution in [0, 0.1) is 5.82 Å². The first-order valence-corrected chi connectivity index (χ1v) is 8.58. The highest BCUT2D eigenvalue weighted by molar-refractivity contribution is 5.94. The second-order valence-corrected chi connectivity index (χ2v) is 6.26. The molecule has 0 aliphatic carbocycles. The highest BCUT2D eigenvalue weighted by Crippen LogP contribution is 2.34. The zero-order valence-corrected chi connectivity index (χ0v) is 15.0. The lowest BCUT2D eigenvalue weighted by Crippen LogP contribution is -1.94. The van der Waals surface area contributed by atoms with Crippen LogP contribution in [-0.4, -0.2) is 25.6 Å². The van der Waals surface area contributed by atoms with Gasteiger partial charge in [-0.15, -0.1) is 0 Å². The van der Waals surface area contributed by atoms with E-state index < -0.39 is 0 Å². The average Bonchev–Trinajstić information content (AvgIpc) is 3.35. The van der Waals surface area contributed by atoms with Crippen molar-refractivity contribution in [2.75, 3.05) is 0 Å². The third-order valence-electron chi connectivity index (χ3n) is 4.43. The van der Waals surface area contributed by atoms with Gasteiger partial charge in [-0.1, -0.05) is 5.16 Å². The van der Waals surface area contributed by atoms with E-state index in [1.165, 1.54) is 19.1 Å². The van der Waals surface area contributed by atoms with Crippen molar-refractivity contribution in [1.29, 1.82) is 0 Å². The summed E-state index contributed by atoms with van der Waals surface area (Å²) in [5.41, 5.74) is 3.69. The van der Waals surface area contributed by atoms with Gasteiger partial charge in [0.2, 0.25) is 0 Å². The van der Waals surface area contributed by atoms with E-state index in [4.69, 9.17) is 4.52 Å². The van der Waals surface area contributed by atoms with E-state index in [2.05, 4.69) is 10.1 Å². The Morgan fingerprint density at radius 1 is 1.14 bits per heavy atom. The molecule has 0 atom stereocenters. The molecule has 0 saturated heterocycles. The Bertz CT molecular complexity index is 1130. The number of rotatable bonds is 5. The van der Waals surface area contributed by atoms with Crippen molar-refractivity contribution >= 4 is 5.78 Å². The summed E-state index contributed by atoms with van der Waals surface area (Å²) in [5, 5.41) is 13.7. The Balaban J connectivity index is 1.75. The molecule has 0 unspecified atom stereocenters. The fourth-order valence-electron chi connectivity index (χ4n) is 2.96. The minimum Gasteiger partial charge on any atom is -0.388 e. The van der Waals surface area contributed by atoms with Crippen molar-refractivity contribution in [2.24, 2.45) is 0 Å². The van der Waals surface area contributed by atoms with Crippen LogP contribution in [0.5, 0.6) is 0 Å². The number of nitrogens with zero attached hydrogens (tertiary/aromatic N) is 3.